The lowest BCUT2D eigenvalue weighted by Gasteiger charge is -2.58. The number of benzene rings is 2. The first-order valence-electron chi connectivity index (χ1n) is 11.1. The summed E-state index contributed by atoms with van der Waals surface area (Å²) in [5, 5.41) is 9.95. The van der Waals surface area contributed by atoms with E-state index in [0.29, 0.717) is 6.54 Å². The number of carbonyl (C=O) groups is 2. The Morgan fingerprint density at radius 3 is 2.56 bits per heavy atom. The van der Waals surface area contributed by atoms with Gasteiger partial charge in [0.25, 0.3) is 0 Å². The Labute approximate surface area is 187 Å². The van der Waals surface area contributed by atoms with E-state index in [1.807, 2.05) is 48.5 Å². The molecule has 2 saturated heterocycles. The molecule has 1 saturated carbocycles. The molecule has 2 aromatic rings. The highest BCUT2D eigenvalue weighted by Gasteiger charge is 2.55. The summed E-state index contributed by atoms with van der Waals surface area (Å²) in [6, 6.07) is 15.3. The SMILES string of the molecule is COc1cccc(C#Cc2ccc([C@@H]3[C@@H](CO)N4C(=O)CN(C(=O)C5CC5)C[C@@H]34)cc2)c1. The van der Waals surface area contributed by atoms with E-state index < -0.39 is 0 Å². The molecule has 3 aliphatic rings. The zero-order chi connectivity index (χ0) is 22.2. The Morgan fingerprint density at radius 1 is 1.12 bits per heavy atom. The molecule has 0 unspecified atom stereocenters. The predicted molar refractivity (Wildman–Crippen MR) is 119 cm³/mol. The average Bonchev–Trinajstić information content (AvgIpc) is 3.65. The zero-order valence-electron chi connectivity index (χ0n) is 18.0. The third-order valence-corrected chi connectivity index (χ3v) is 6.71. The summed E-state index contributed by atoms with van der Waals surface area (Å²) in [6.07, 6.45) is 1.86. The Kier molecular flexibility index (Phi) is 5.36. The third-order valence-electron chi connectivity index (χ3n) is 6.71. The molecule has 0 aromatic heterocycles. The van der Waals surface area contributed by atoms with Crippen molar-refractivity contribution in [1.82, 2.24) is 9.80 Å². The maximum absolute atomic E-state index is 12.7. The van der Waals surface area contributed by atoms with E-state index in [9.17, 15) is 14.7 Å². The summed E-state index contributed by atoms with van der Waals surface area (Å²) >= 11 is 0. The molecule has 5 rings (SSSR count). The number of carbonyl (C=O) groups excluding carboxylic acids is 2. The van der Waals surface area contributed by atoms with Crippen molar-refractivity contribution in [2.75, 3.05) is 26.8 Å². The minimum atomic E-state index is -0.237. The van der Waals surface area contributed by atoms with Crippen molar-refractivity contribution in [3.63, 3.8) is 0 Å². The van der Waals surface area contributed by atoms with Gasteiger partial charge in [-0.05, 0) is 48.7 Å². The van der Waals surface area contributed by atoms with Crippen LogP contribution in [-0.2, 0) is 9.59 Å². The quantitative estimate of drug-likeness (QED) is 0.754. The highest BCUT2D eigenvalue weighted by atomic mass is 16.5. The maximum Gasteiger partial charge on any atom is 0.242 e. The Hall–Kier alpha value is -3.30. The number of piperazine rings is 1. The normalized spacial score (nSPS) is 24.2. The topological polar surface area (TPSA) is 70.1 Å². The highest BCUT2D eigenvalue weighted by Crippen LogP contribution is 2.43. The van der Waals surface area contributed by atoms with Crippen molar-refractivity contribution in [1.29, 1.82) is 0 Å². The van der Waals surface area contributed by atoms with Gasteiger partial charge in [-0.15, -0.1) is 0 Å². The smallest absolute Gasteiger partial charge is 0.242 e. The van der Waals surface area contributed by atoms with Crippen LogP contribution in [0.4, 0.5) is 0 Å². The number of hydrogen-bond acceptors (Lipinski definition) is 4. The monoisotopic (exact) mass is 430 g/mol. The van der Waals surface area contributed by atoms with Crippen molar-refractivity contribution < 1.29 is 19.4 Å². The molecule has 6 nitrogen and oxygen atoms in total. The van der Waals surface area contributed by atoms with E-state index in [0.717, 1.165) is 35.3 Å². The van der Waals surface area contributed by atoms with Gasteiger partial charge in [-0.25, -0.2) is 0 Å². The number of amides is 2. The molecule has 164 valence electrons. The molecule has 32 heavy (non-hydrogen) atoms. The molecule has 0 radical (unpaired) electrons. The third kappa shape index (κ3) is 3.74. The summed E-state index contributed by atoms with van der Waals surface area (Å²) in [6.45, 7) is 0.592. The second kappa shape index (κ2) is 8.33. The molecular weight excluding hydrogens is 404 g/mol. The van der Waals surface area contributed by atoms with Crippen LogP contribution in [0.5, 0.6) is 5.75 Å². The number of rotatable bonds is 4. The molecular formula is C26H26N2O4. The Morgan fingerprint density at radius 2 is 1.88 bits per heavy atom. The van der Waals surface area contributed by atoms with Crippen molar-refractivity contribution in [2.45, 2.75) is 30.8 Å². The van der Waals surface area contributed by atoms with Gasteiger partial charge in [0.1, 0.15) is 5.75 Å². The number of ether oxygens (including phenoxy) is 1. The van der Waals surface area contributed by atoms with E-state index >= 15 is 0 Å². The maximum atomic E-state index is 12.7. The molecule has 2 aliphatic heterocycles. The molecule has 2 heterocycles. The van der Waals surface area contributed by atoms with Gasteiger partial charge in [-0.1, -0.05) is 30.0 Å². The molecule has 3 atom stereocenters. The van der Waals surface area contributed by atoms with Crippen LogP contribution in [0.3, 0.4) is 0 Å². The molecule has 2 aromatic carbocycles. The molecule has 0 spiro atoms. The first-order valence-corrected chi connectivity index (χ1v) is 11.1. The van der Waals surface area contributed by atoms with Gasteiger partial charge < -0.3 is 19.6 Å². The lowest BCUT2D eigenvalue weighted by atomic mass is 9.73. The lowest BCUT2D eigenvalue weighted by Crippen LogP contribution is -2.73. The van der Waals surface area contributed by atoms with Gasteiger partial charge in [0, 0.05) is 29.5 Å². The summed E-state index contributed by atoms with van der Waals surface area (Å²) in [4.78, 5) is 28.7. The highest BCUT2D eigenvalue weighted by molar-refractivity contribution is 5.89. The van der Waals surface area contributed by atoms with Crippen LogP contribution in [0.25, 0.3) is 0 Å². The van der Waals surface area contributed by atoms with E-state index in [1.165, 1.54) is 0 Å². The fourth-order valence-electron chi connectivity index (χ4n) is 4.89. The first-order chi connectivity index (χ1) is 15.6. The Bertz CT molecular complexity index is 1100. The number of methoxy groups -OCH3 is 1. The van der Waals surface area contributed by atoms with Crippen LogP contribution >= 0.6 is 0 Å². The fourth-order valence-corrected chi connectivity index (χ4v) is 4.89. The number of hydrogen-bond donors (Lipinski definition) is 1. The lowest BCUT2D eigenvalue weighted by molar-refractivity contribution is -0.167. The molecule has 2 amide bonds. The van der Waals surface area contributed by atoms with E-state index in [1.54, 1.807) is 16.9 Å². The molecule has 6 heteroatoms. The van der Waals surface area contributed by atoms with Gasteiger partial charge in [0.2, 0.25) is 11.8 Å². The van der Waals surface area contributed by atoms with Crippen LogP contribution in [0.15, 0.2) is 48.5 Å². The fraction of sp³-hybridized carbons (Fsp3) is 0.385. The van der Waals surface area contributed by atoms with E-state index in [2.05, 4.69) is 11.8 Å². The first kappa shape index (κ1) is 20.6. The van der Waals surface area contributed by atoms with Gasteiger partial charge in [0.05, 0.1) is 32.3 Å². The summed E-state index contributed by atoms with van der Waals surface area (Å²) in [5.41, 5.74) is 2.83. The van der Waals surface area contributed by atoms with E-state index in [-0.39, 0.29) is 48.9 Å². The van der Waals surface area contributed by atoms with Crippen LogP contribution in [-0.4, -0.2) is 65.6 Å². The summed E-state index contributed by atoms with van der Waals surface area (Å²) < 4.78 is 5.24. The number of nitrogens with zero attached hydrogens (tertiary/aromatic N) is 2. The van der Waals surface area contributed by atoms with Crippen molar-refractivity contribution in [2.24, 2.45) is 5.92 Å². The molecule has 0 bridgehead atoms. The minimum Gasteiger partial charge on any atom is -0.497 e. The van der Waals surface area contributed by atoms with Crippen LogP contribution < -0.4 is 4.74 Å². The van der Waals surface area contributed by atoms with Crippen molar-refractivity contribution >= 4 is 11.8 Å². The van der Waals surface area contributed by atoms with Gasteiger partial charge in [0.15, 0.2) is 0 Å². The number of fused-ring (bicyclic) bond motifs is 1. The van der Waals surface area contributed by atoms with Gasteiger partial charge in [-0.2, -0.15) is 0 Å². The van der Waals surface area contributed by atoms with Crippen LogP contribution in [0, 0.1) is 17.8 Å². The molecule has 3 fully saturated rings. The second-order valence-corrected chi connectivity index (χ2v) is 8.74. The van der Waals surface area contributed by atoms with E-state index in [4.69, 9.17) is 4.74 Å². The number of aliphatic hydroxyl groups is 1. The van der Waals surface area contributed by atoms with Crippen LogP contribution in [0.2, 0.25) is 0 Å². The number of aliphatic hydroxyl groups excluding tert-OH is 1. The largest absolute Gasteiger partial charge is 0.497 e. The standard InChI is InChI=1S/C26H26N2O4/c1-32-21-4-2-3-18(13-21)6-5-17-7-9-19(10-8-17)25-22-14-27(26(31)20-11-12-20)15-24(30)28(22)23(25)16-29/h2-4,7-10,13,20,22-23,25,29H,11-12,14-16H2,1H3/t22-,23+,25-/m0/s1. The zero-order valence-corrected chi connectivity index (χ0v) is 18.0. The molecule has 1 aliphatic carbocycles. The van der Waals surface area contributed by atoms with Gasteiger partial charge in [-0.3, -0.25) is 9.59 Å². The van der Waals surface area contributed by atoms with Crippen LogP contribution in [0.1, 0.15) is 35.4 Å². The average molecular weight is 431 g/mol. The minimum absolute atomic E-state index is 0.0131. The van der Waals surface area contributed by atoms with Crippen molar-refractivity contribution in [3.8, 4) is 17.6 Å². The summed E-state index contributed by atoms with van der Waals surface area (Å²) in [5.74, 6) is 7.25. The van der Waals surface area contributed by atoms with Gasteiger partial charge >= 0.3 is 0 Å². The van der Waals surface area contributed by atoms with Crippen molar-refractivity contribution in [3.05, 3.63) is 65.2 Å². The Balaban J connectivity index is 1.33. The predicted octanol–water partition coefficient (Wildman–Crippen LogP) is 2.00. The summed E-state index contributed by atoms with van der Waals surface area (Å²) in [7, 11) is 1.63. The second-order valence-electron chi connectivity index (χ2n) is 8.74. The molecule has 1 N–H and O–H groups in total.